The summed E-state index contributed by atoms with van der Waals surface area (Å²) in [6.07, 6.45) is 0. The number of hydrogen-bond donors (Lipinski definition) is 2. The normalized spacial score (nSPS) is 14.4. The molecule has 4 rings (SSSR count). The zero-order valence-electron chi connectivity index (χ0n) is 18.9. The molecule has 0 spiro atoms. The van der Waals surface area contributed by atoms with Crippen LogP contribution in [-0.2, 0) is 0 Å². The smallest absolute Gasteiger partial charge is 0.232 e. The Balaban J connectivity index is 1.46. The lowest BCUT2D eigenvalue weighted by molar-refractivity contribution is 0.188. The van der Waals surface area contributed by atoms with Gasteiger partial charge < -0.3 is 20.1 Å². The highest BCUT2D eigenvalue weighted by atomic mass is 16.5. The second kappa shape index (κ2) is 9.93. The van der Waals surface area contributed by atoms with Crippen molar-refractivity contribution in [2.24, 2.45) is 0 Å². The highest BCUT2D eigenvalue weighted by molar-refractivity contribution is 5.58. The molecule has 2 N–H and O–H groups in total. The maximum absolute atomic E-state index is 9.13. The number of nitrogens with zero attached hydrogens (tertiary/aromatic N) is 5. The second-order valence-corrected chi connectivity index (χ2v) is 8.03. The van der Waals surface area contributed by atoms with E-state index in [1.807, 2.05) is 63.2 Å². The molecular weight excluding hydrogens is 404 g/mol. The van der Waals surface area contributed by atoms with Crippen molar-refractivity contribution in [3.8, 4) is 11.5 Å². The van der Waals surface area contributed by atoms with Gasteiger partial charge in [0.1, 0.15) is 17.3 Å². The minimum atomic E-state index is 0.188. The van der Waals surface area contributed by atoms with Gasteiger partial charge in [-0.3, -0.25) is 4.90 Å². The average Bonchev–Trinajstić information content (AvgIpc) is 2.77. The molecule has 0 amide bonds. The van der Waals surface area contributed by atoms with Gasteiger partial charge in [0.25, 0.3) is 0 Å². The van der Waals surface area contributed by atoms with Crippen molar-refractivity contribution in [3.63, 3.8) is 0 Å². The summed E-state index contributed by atoms with van der Waals surface area (Å²) >= 11 is 0. The molecule has 168 valence electrons. The fourth-order valence-electron chi connectivity index (χ4n) is 3.74. The molecule has 1 fully saturated rings. The molecule has 1 saturated heterocycles. The van der Waals surface area contributed by atoms with Crippen molar-refractivity contribution in [2.45, 2.75) is 20.8 Å². The molecule has 0 aliphatic carbocycles. The first kappa shape index (κ1) is 22.0. The van der Waals surface area contributed by atoms with Gasteiger partial charge in [0.15, 0.2) is 0 Å². The summed E-state index contributed by atoms with van der Waals surface area (Å²) in [5, 5.41) is 12.4. The third-order valence-corrected chi connectivity index (χ3v) is 5.55. The summed E-state index contributed by atoms with van der Waals surface area (Å²) in [6, 6.07) is 13.9. The molecule has 0 bridgehead atoms. The van der Waals surface area contributed by atoms with Crippen LogP contribution in [0.2, 0.25) is 0 Å². The van der Waals surface area contributed by atoms with E-state index in [4.69, 9.17) is 9.84 Å². The first-order valence-electron chi connectivity index (χ1n) is 10.9. The summed E-state index contributed by atoms with van der Waals surface area (Å²) in [5.41, 5.74) is 3.01. The summed E-state index contributed by atoms with van der Waals surface area (Å²) in [5.74, 6) is 3.55. The molecule has 32 heavy (non-hydrogen) atoms. The maximum atomic E-state index is 9.13. The molecule has 1 aliphatic heterocycles. The molecule has 2 aromatic carbocycles. The van der Waals surface area contributed by atoms with Crippen molar-refractivity contribution < 1.29 is 9.84 Å². The van der Waals surface area contributed by atoms with Crippen LogP contribution in [0.1, 0.15) is 17.0 Å². The monoisotopic (exact) mass is 434 g/mol. The zero-order chi connectivity index (χ0) is 22.5. The quantitative estimate of drug-likeness (QED) is 0.585. The molecule has 0 saturated carbocycles. The number of β-amino-alcohol motifs (C(OH)–C–C–N with tert-alkyl or cyclic N) is 1. The van der Waals surface area contributed by atoms with Crippen LogP contribution in [0.15, 0.2) is 42.5 Å². The molecule has 0 radical (unpaired) electrons. The molecule has 2 heterocycles. The Labute approximate surface area is 188 Å². The van der Waals surface area contributed by atoms with E-state index in [9.17, 15) is 0 Å². The number of nitrogens with one attached hydrogen (secondary N) is 1. The van der Waals surface area contributed by atoms with E-state index in [0.29, 0.717) is 24.3 Å². The molecular formula is C24H30N6O2. The Morgan fingerprint density at radius 1 is 0.906 bits per heavy atom. The Morgan fingerprint density at radius 3 is 2.38 bits per heavy atom. The number of hydrogen-bond acceptors (Lipinski definition) is 8. The highest BCUT2D eigenvalue weighted by Gasteiger charge is 2.19. The van der Waals surface area contributed by atoms with Crippen molar-refractivity contribution in [2.75, 3.05) is 49.5 Å². The van der Waals surface area contributed by atoms with E-state index < -0.39 is 0 Å². The van der Waals surface area contributed by atoms with Crippen molar-refractivity contribution in [1.29, 1.82) is 0 Å². The number of aliphatic hydroxyl groups is 1. The van der Waals surface area contributed by atoms with Gasteiger partial charge in [0.2, 0.25) is 11.9 Å². The van der Waals surface area contributed by atoms with Gasteiger partial charge >= 0.3 is 0 Å². The second-order valence-electron chi connectivity index (χ2n) is 8.03. The van der Waals surface area contributed by atoms with Crippen LogP contribution in [0.3, 0.4) is 0 Å². The van der Waals surface area contributed by atoms with Crippen LogP contribution in [-0.4, -0.2) is 64.3 Å². The summed E-state index contributed by atoms with van der Waals surface area (Å²) in [4.78, 5) is 18.1. The van der Waals surface area contributed by atoms with Crippen molar-refractivity contribution in [3.05, 3.63) is 59.4 Å². The molecule has 8 nitrogen and oxygen atoms in total. The Morgan fingerprint density at radius 2 is 1.66 bits per heavy atom. The third-order valence-electron chi connectivity index (χ3n) is 5.55. The predicted molar refractivity (Wildman–Crippen MR) is 126 cm³/mol. The number of aromatic nitrogens is 3. The third kappa shape index (κ3) is 5.33. The fourth-order valence-corrected chi connectivity index (χ4v) is 3.74. The molecule has 1 aromatic heterocycles. The van der Waals surface area contributed by atoms with Crippen LogP contribution in [0, 0.1) is 20.8 Å². The van der Waals surface area contributed by atoms with Gasteiger partial charge in [-0.1, -0.05) is 18.2 Å². The van der Waals surface area contributed by atoms with Gasteiger partial charge in [-0.2, -0.15) is 15.0 Å². The van der Waals surface area contributed by atoms with Gasteiger partial charge in [-0.15, -0.1) is 0 Å². The topological polar surface area (TPSA) is 86.6 Å². The lowest BCUT2D eigenvalue weighted by atomic mass is 10.2. The van der Waals surface area contributed by atoms with Gasteiger partial charge in [0, 0.05) is 38.4 Å². The summed E-state index contributed by atoms with van der Waals surface area (Å²) in [6.45, 7) is 10.3. The summed E-state index contributed by atoms with van der Waals surface area (Å²) in [7, 11) is 0. The van der Waals surface area contributed by atoms with E-state index in [1.54, 1.807) is 0 Å². The molecule has 0 unspecified atom stereocenters. The van der Waals surface area contributed by atoms with Crippen LogP contribution in [0.4, 0.5) is 17.6 Å². The van der Waals surface area contributed by atoms with Gasteiger partial charge in [0.05, 0.1) is 6.61 Å². The Bertz CT molecular complexity index is 1070. The Hall–Kier alpha value is -3.23. The Kier molecular flexibility index (Phi) is 6.82. The number of anilines is 3. The number of benzene rings is 2. The SMILES string of the molecule is Cc1nc(Nc2ccc(Oc3ccccc3C)c(C)c2)nc(N2CCN(CCO)CC2)n1. The standard InChI is InChI=1S/C24H30N6O2/c1-17-6-4-5-7-21(17)32-22-9-8-20(16-18(22)2)27-23-25-19(3)26-24(28-23)30-12-10-29(11-13-30)14-15-31/h4-9,16,31H,10-15H2,1-3H3,(H,25,26,27,28). The van der Waals surface area contributed by atoms with Crippen molar-refractivity contribution >= 4 is 17.6 Å². The largest absolute Gasteiger partial charge is 0.457 e. The van der Waals surface area contributed by atoms with Gasteiger partial charge in [-0.05, 0) is 56.2 Å². The van der Waals surface area contributed by atoms with Crippen LogP contribution < -0.4 is 15.0 Å². The number of aryl methyl sites for hydroxylation is 3. The molecule has 3 aromatic rings. The van der Waals surface area contributed by atoms with Crippen LogP contribution in [0.25, 0.3) is 0 Å². The minimum Gasteiger partial charge on any atom is -0.457 e. The highest BCUT2D eigenvalue weighted by Crippen LogP contribution is 2.30. The first-order valence-corrected chi connectivity index (χ1v) is 10.9. The molecule has 0 atom stereocenters. The predicted octanol–water partition coefficient (Wildman–Crippen LogP) is 3.45. The van der Waals surface area contributed by atoms with E-state index in [0.717, 1.165) is 54.5 Å². The summed E-state index contributed by atoms with van der Waals surface area (Å²) < 4.78 is 6.09. The van der Waals surface area contributed by atoms with E-state index in [1.165, 1.54) is 0 Å². The van der Waals surface area contributed by atoms with Crippen LogP contribution in [0.5, 0.6) is 11.5 Å². The number of aliphatic hydroxyl groups excluding tert-OH is 1. The van der Waals surface area contributed by atoms with E-state index in [-0.39, 0.29) is 6.61 Å². The number of rotatable bonds is 7. The van der Waals surface area contributed by atoms with E-state index >= 15 is 0 Å². The van der Waals surface area contributed by atoms with Gasteiger partial charge in [-0.25, -0.2) is 0 Å². The molecule has 8 heteroatoms. The number of para-hydroxylation sites is 1. The zero-order valence-corrected chi connectivity index (χ0v) is 18.9. The van der Waals surface area contributed by atoms with E-state index in [2.05, 4.69) is 30.1 Å². The number of ether oxygens (including phenoxy) is 1. The lowest BCUT2D eigenvalue weighted by Gasteiger charge is -2.34. The molecule has 1 aliphatic rings. The number of piperazine rings is 1. The fraction of sp³-hybridized carbons (Fsp3) is 0.375. The lowest BCUT2D eigenvalue weighted by Crippen LogP contribution is -2.47. The maximum Gasteiger partial charge on any atom is 0.232 e. The average molecular weight is 435 g/mol. The van der Waals surface area contributed by atoms with Crippen LogP contribution >= 0.6 is 0 Å². The van der Waals surface area contributed by atoms with Crippen molar-refractivity contribution in [1.82, 2.24) is 19.9 Å². The first-order chi connectivity index (χ1) is 15.5. The minimum absolute atomic E-state index is 0.188.